The summed E-state index contributed by atoms with van der Waals surface area (Å²) in [6.07, 6.45) is 4.04. The maximum absolute atomic E-state index is 3.53. The third-order valence-electron chi connectivity index (χ3n) is 3.43. The largest absolute Gasteiger partial charge is 0.302 e. The fraction of sp³-hybridized carbons (Fsp3) is 1.00. The molecule has 0 amide bonds. The van der Waals surface area contributed by atoms with Crippen molar-refractivity contribution in [1.82, 2.24) is 9.80 Å². The summed E-state index contributed by atoms with van der Waals surface area (Å²) in [5.41, 5.74) is 0. The van der Waals surface area contributed by atoms with Gasteiger partial charge in [-0.1, -0.05) is 36.2 Å². The van der Waals surface area contributed by atoms with E-state index in [4.69, 9.17) is 0 Å². The summed E-state index contributed by atoms with van der Waals surface area (Å²) >= 11 is 3.53. The van der Waals surface area contributed by atoms with Crippen LogP contribution in [0.15, 0.2) is 0 Å². The summed E-state index contributed by atoms with van der Waals surface area (Å²) < 4.78 is 0. The number of rotatable bonds is 6. The Morgan fingerprint density at radius 3 is 2.50 bits per heavy atom. The van der Waals surface area contributed by atoms with E-state index in [0.29, 0.717) is 0 Å². The van der Waals surface area contributed by atoms with Crippen LogP contribution in [0.5, 0.6) is 0 Å². The van der Waals surface area contributed by atoms with Gasteiger partial charge in [-0.3, -0.25) is 0 Å². The van der Waals surface area contributed by atoms with E-state index in [-0.39, 0.29) is 0 Å². The van der Waals surface area contributed by atoms with Crippen molar-refractivity contribution in [1.29, 1.82) is 0 Å². The zero-order valence-corrected chi connectivity index (χ0v) is 12.5. The van der Waals surface area contributed by atoms with Crippen LogP contribution in [0.1, 0.15) is 33.1 Å². The fourth-order valence-corrected chi connectivity index (χ4v) is 3.08. The van der Waals surface area contributed by atoms with Gasteiger partial charge in [0.2, 0.25) is 0 Å². The molecule has 1 atom stereocenters. The van der Waals surface area contributed by atoms with Gasteiger partial charge in [-0.15, -0.1) is 0 Å². The molecule has 96 valence electrons. The third-order valence-corrected chi connectivity index (χ3v) is 3.79. The second-order valence-corrected chi connectivity index (χ2v) is 5.87. The molecular formula is C13H27BrN2. The highest BCUT2D eigenvalue weighted by atomic mass is 79.9. The summed E-state index contributed by atoms with van der Waals surface area (Å²) in [7, 11) is 0. The molecule has 1 aliphatic rings. The lowest BCUT2D eigenvalue weighted by Crippen LogP contribution is -2.34. The van der Waals surface area contributed by atoms with Gasteiger partial charge in [0.1, 0.15) is 0 Å². The van der Waals surface area contributed by atoms with Gasteiger partial charge in [0.05, 0.1) is 0 Å². The van der Waals surface area contributed by atoms with Crippen molar-refractivity contribution >= 4 is 15.9 Å². The highest BCUT2D eigenvalue weighted by Crippen LogP contribution is 2.10. The van der Waals surface area contributed by atoms with Gasteiger partial charge >= 0.3 is 0 Å². The second-order valence-electron chi connectivity index (χ2n) is 5.08. The molecule has 1 unspecified atom stereocenters. The summed E-state index contributed by atoms with van der Waals surface area (Å²) in [5, 5.41) is 1.11. The first-order valence-corrected chi connectivity index (χ1v) is 7.89. The highest BCUT2D eigenvalue weighted by molar-refractivity contribution is 9.09. The molecule has 1 aliphatic heterocycles. The number of hydrogen-bond donors (Lipinski definition) is 0. The minimum absolute atomic E-state index is 0.868. The maximum Gasteiger partial charge on any atom is 0.0159 e. The predicted molar refractivity (Wildman–Crippen MR) is 75.4 cm³/mol. The topological polar surface area (TPSA) is 6.48 Å². The van der Waals surface area contributed by atoms with Crippen LogP contribution in [0, 0.1) is 5.92 Å². The number of hydrogen-bond acceptors (Lipinski definition) is 2. The minimum Gasteiger partial charge on any atom is -0.302 e. The van der Waals surface area contributed by atoms with Crippen molar-refractivity contribution in [2.24, 2.45) is 5.92 Å². The minimum atomic E-state index is 0.868. The first-order valence-electron chi connectivity index (χ1n) is 6.77. The summed E-state index contributed by atoms with van der Waals surface area (Å²) in [6.45, 7) is 12.3. The van der Waals surface area contributed by atoms with E-state index in [0.717, 1.165) is 11.2 Å². The fourth-order valence-electron chi connectivity index (χ4n) is 2.57. The zero-order valence-electron chi connectivity index (χ0n) is 10.9. The Hall–Kier alpha value is 0.400. The van der Waals surface area contributed by atoms with E-state index in [1.807, 2.05) is 0 Å². The van der Waals surface area contributed by atoms with Crippen molar-refractivity contribution in [3.05, 3.63) is 0 Å². The molecule has 3 heteroatoms. The van der Waals surface area contributed by atoms with Gasteiger partial charge in [-0.2, -0.15) is 0 Å². The van der Waals surface area contributed by atoms with Gasteiger partial charge in [0, 0.05) is 31.5 Å². The molecule has 0 aromatic carbocycles. The second kappa shape index (κ2) is 8.48. The van der Waals surface area contributed by atoms with Crippen molar-refractivity contribution in [2.75, 3.05) is 44.6 Å². The van der Waals surface area contributed by atoms with E-state index in [1.165, 1.54) is 58.5 Å². The van der Waals surface area contributed by atoms with E-state index >= 15 is 0 Å². The lowest BCUT2D eigenvalue weighted by molar-refractivity contribution is 0.231. The van der Waals surface area contributed by atoms with Gasteiger partial charge in [0.15, 0.2) is 0 Å². The van der Waals surface area contributed by atoms with Crippen LogP contribution in [-0.2, 0) is 0 Å². The van der Waals surface area contributed by atoms with Gasteiger partial charge < -0.3 is 9.80 Å². The van der Waals surface area contributed by atoms with E-state index in [1.54, 1.807) is 0 Å². The Labute approximate surface area is 109 Å². The van der Waals surface area contributed by atoms with Crippen LogP contribution in [-0.4, -0.2) is 54.4 Å². The maximum atomic E-state index is 3.53. The van der Waals surface area contributed by atoms with Crippen LogP contribution in [0.25, 0.3) is 0 Å². The van der Waals surface area contributed by atoms with Crippen LogP contribution in [0.4, 0.5) is 0 Å². The van der Waals surface area contributed by atoms with Crippen LogP contribution in [0.2, 0.25) is 0 Å². The number of nitrogens with zero attached hydrogens (tertiary/aromatic N) is 2. The molecule has 0 aromatic rings. The molecule has 0 radical (unpaired) electrons. The zero-order chi connectivity index (χ0) is 11.8. The standard InChI is InChI=1S/C13H27BrN2/c1-3-5-13(2)12-16-8-4-7-15(9-6-14)10-11-16/h13H,3-12H2,1-2H3. The Morgan fingerprint density at radius 2 is 1.81 bits per heavy atom. The number of alkyl halides is 1. The molecule has 0 aliphatic carbocycles. The summed E-state index contributed by atoms with van der Waals surface area (Å²) in [5.74, 6) is 0.868. The molecule has 16 heavy (non-hydrogen) atoms. The molecule has 1 rings (SSSR count). The molecule has 0 spiro atoms. The van der Waals surface area contributed by atoms with Crippen molar-refractivity contribution < 1.29 is 0 Å². The first kappa shape index (κ1) is 14.5. The normalized spacial score (nSPS) is 21.9. The van der Waals surface area contributed by atoms with Gasteiger partial charge in [0.25, 0.3) is 0 Å². The Morgan fingerprint density at radius 1 is 1.12 bits per heavy atom. The van der Waals surface area contributed by atoms with Crippen molar-refractivity contribution in [3.8, 4) is 0 Å². The molecule has 0 aromatic heterocycles. The molecular weight excluding hydrogens is 264 g/mol. The lowest BCUT2D eigenvalue weighted by atomic mass is 10.1. The van der Waals surface area contributed by atoms with Crippen LogP contribution < -0.4 is 0 Å². The highest BCUT2D eigenvalue weighted by Gasteiger charge is 2.15. The molecule has 1 saturated heterocycles. The molecule has 0 saturated carbocycles. The van der Waals surface area contributed by atoms with E-state index < -0.39 is 0 Å². The van der Waals surface area contributed by atoms with Gasteiger partial charge in [-0.25, -0.2) is 0 Å². The quantitative estimate of drug-likeness (QED) is 0.694. The Bertz CT molecular complexity index is 175. The smallest absolute Gasteiger partial charge is 0.0159 e. The first-order chi connectivity index (χ1) is 7.76. The Balaban J connectivity index is 2.24. The lowest BCUT2D eigenvalue weighted by Gasteiger charge is -2.24. The molecule has 0 N–H and O–H groups in total. The number of halogens is 1. The van der Waals surface area contributed by atoms with Crippen molar-refractivity contribution in [3.63, 3.8) is 0 Å². The average Bonchev–Trinajstić information content (AvgIpc) is 2.45. The Kier molecular flexibility index (Phi) is 7.67. The average molecular weight is 291 g/mol. The molecule has 1 heterocycles. The van der Waals surface area contributed by atoms with E-state index in [9.17, 15) is 0 Å². The van der Waals surface area contributed by atoms with E-state index in [2.05, 4.69) is 39.6 Å². The van der Waals surface area contributed by atoms with Crippen LogP contribution >= 0.6 is 15.9 Å². The molecule has 2 nitrogen and oxygen atoms in total. The van der Waals surface area contributed by atoms with Crippen molar-refractivity contribution in [2.45, 2.75) is 33.1 Å². The van der Waals surface area contributed by atoms with Crippen LogP contribution in [0.3, 0.4) is 0 Å². The monoisotopic (exact) mass is 290 g/mol. The third kappa shape index (κ3) is 5.65. The summed E-state index contributed by atoms with van der Waals surface area (Å²) in [4.78, 5) is 5.24. The van der Waals surface area contributed by atoms with Gasteiger partial charge in [-0.05, 0) is 31.8 Å². The SMILES string of the molecule is CCCC(C)CN1CCCN(CCBr)CC1. The predicted octanol–water partition coefficient (Wildman–Crippen LogP) is 2.83. The summed E-state index contributed by atoms with van der Waals surface area (Å²) in [6, 6.07) is 0. The molecule has 0 bridgehead atoms. The molecule has 1 fully saturated rings.